The summed E-state index contributed by atoms with van der Waals surface area (Å²) in [5.41, 5.74) is 2.10. The maximum Gasteiger partial charge on any atom is 0.160 e. The van der Waals surface area contributed by atoms with Gasteiger partial charge in [-0.2, -0.15) is 0 Å². The van der Waals surface area contributed by atoms with Gasteiger partial charge in [-0.25, -0.2) is 9.97 Å². The fraction of sp³-hybridized carbons (Fsp3) is 0.733. The van der Waals surface area contributed by atoms with Crippen LogP contribution in [0, 0.1) is 0 Å². The lowest BCUT2D eigenvalue weighted by atomic mass is 9.83. The third-order valence-electron chi connectivity index (χ3n) is 3.92. The second kappa shape index (κ2) is 6.80. The number of hydrogen-bond donors (Lipinski definition) is 0. The molecular weight excluding hydrogens is 304 g/mol. The van der Waals surface area contributed by atoms with Crippen molar-refractivity contribution < 1.29 is 4.74 Å². The lowest BCUT2D eigenvalue weighted by Crippen LogP contribution is -2.35. The third kappa shape index (κ3) is 3.16. The van der Waals surface area contributed by atoms with Gasteiger partial charge in [0.05, 0.1) is 0 Å². The van der Waals surface area contributed by atoms with Crippen LogP contribution in [0.4, 0.5) is 0 Å². The number of alkyl halides is 1. The summed E-state index contributed by atoms with van der Waals surface area (Å²) in [7, 11) is 0. The van der Waals surface area contributed by atoms with Gasteiger partial charge in [0.2, 0.25) is 0 Å². The molecule has 0 saturated heterocycles. The summed E-state index contributed by atoms with van der Waals surface area (Å²) >= 11 is 3.50. The zero-order valence-electron chi connectivity index (χ0n) is 11.9. The molecule has 2 rings (SSSR count). The smallest absolute Gasteiger partial charge is 0.160 e. The second-order valence-corrected chi connectivity index (χ2v) is 5.70. The molecule has 0 bridgehead atoms. The number of aromatic nitrogens is 2. The summed E-state index contributed by atoms with van der Waals surface area (Å²) in [6.07, 6.45) is 8.74. The van der Waals surface area contributed by atoms with Gasteiger partial charge in [0.25, 0.3) is 0 Å². The molecule has 0 amide bonds. The van der Waals surface area contributed by atoms with Crippen molar-refractivity contribution in [3.05, 3.63) is 23.3 Å². The van der Waals surface area contributed by atoms with E-state index >= 15 is 0 Å². The Bertz CT molecular complexity index is 411. The molecule has 1 aliphatic rings. The highest BCUT2D eigenvalue weighted by Crippen LogP contribution is 2.39. The predicted octanol–water partition coefficient (Wildman–Crippen LogP) is 4.13. The van der Waals surface area contributed by atoms with Crippen molar-refractivity contribution in [2.24, 2.45) is 0 Å². The van der Waals surface area contributed by atoms with Gasteiger partial charge in [-0.1, -0.05) is 42.1 Å². The lowest BCUT2D eigenvalue weighted by molar-refractivity contribution is -0.0768. The Hall–Kier alpha value is -0.480. The number of ether oxygens (including phenoxy) is 1. The zero-order chi connectivity index (χ0) is 13.7. The second-order valence-electron chi connectivity index (χ2n) is 5.14. The molecule has 0 aromatic carbocycles. The van der Waals surface area contributed by atoms with Crippen molar-refractivity contribution >= 4 is 15.9 Å². The van der Waals surface area contributed by atoms with Crippen LogP contribution in [0.5, 0.6) is 0 Å². The minimum absolute atomic E-state index is 0.234. The molecule has 1 aromatic rings. The minimum Gasteiger partial charge on any atom is -0.367 e. The molecule has 4 heteroatoms. The molecule has 0 N–H and O–H groups in total. The van der Waals surface area contributed by atoms with Crippen LogP contribution in [0.15, 0.2) is 6.20 Å². The van der Waals surface area contributed by atoms with E-state index in [4.69, 9.17) is 9.72 Å². The maximum atomic E-state index is 6.09. The van der Waals surface area contributed by atoms with Crippen molar-refractivity contribution in [2.75, 3.05) is 6.61 Å². The van der Waals surface area contributed by atoms with Gasteiger partial charge in [0.15, 0.2) is 5.82 Å². The Morgan fingerprint density at radius 3 is 2.58 bits per heavy atom. The van der Waals surface area contributed by atoms with Gasteiger partial charge in [0.1, 0.15) is 5.60 Å². The van der Waals surface area contributed by atoms with E-state index in [-0.39, 0.29) is 5.60 Å². The molecule has 0 aliphatic heterocycles. The zero-order valence-corrected chi connectivity index (χ0v) is 13.5. The van der Waals surface area contributed by atoms with E-state index in [2.05, 4.69) is 34.8 Å². The van der Waals surface area contributed by atoms with Gasteiger partial charge in [-0.05, 0) is 26.2 Å². The fourth-order valence-electron chi connectivity index (χ4n) is 2.91. The van der Waals surface area contributed by atoms with Gasteiger partial charge in [-0.3, -0.25) is 0 Å². The number of aryl methyl sites for hydroxylation is 1. The van der Waals surface area contributed by atoms with E-state index in [1.54, 1.807) is 0 Å². The first-order chi connectivity index (χ1) is 9.25. The molecule has 1 fully saturated rings. The van der Waals surface area contributed by atoms with Crippen molar-refractivity contribution in [1.82, 2.24) is 9.97 Å². The van der Waals surface area contributed by atoms with Gasteiger partial charge in [-0.15, -0.1) is 0 Å². The van der Waals surface area contributed by atoms with Crippen molar-refractivity contribution in [3.8, 4) is 0 Å². The van der Waals surface area contributed by atoms with E-state index in [0.29, 0.717) is 0 Å². The largest absolute Gasteiger partial charge is 0.367 e. The van der Waals surface area contributed by atoms with Crippen LogP contribution in [0.25, 0.3) is 0 Å². The van der Waals surface area contributed by atoms with E-state index in [0.717, 1.165) is 42.7 Å². The molecule has 19 heavy (non-hydrogen) atoms. The summed E-state index contributed by atoms with van der Waals surface area (Å²) in [6.45, 7) is 4.93. The SMILES string of the molecule is CCOC1(c2ncc(CBr)c(CC)n2)CCCCC1. The number of rotatable bonds is 5. The Labute approximate surface area is 124 Å². The van der Waals surface area contributed by atoms with E-state index in [1.165, 1.54) is 24.8 Å². The number of hydrogen-bond acceptors (Lipinski definition) is 3. The molecule has 1 saturated carbocycles. The molecule has 1 heterocycles. The average molecular weight is 327 g/mol. The van der Waals surface area contributed by atoms with Gasteiger partial charge >= 0.3 is 0 Å². The van der Waals surface area contributed by atoms with Gasteiger partial charge in [0, 0.05) is 29.4 Å². The molecule has 0 unspecified atom stereocenters. The molecule has 3 nitrogen and oxygen atoms in total. The summed E-state index contributed by atoms with van der Waals surface area (Å²) < 4.78 is 6.09. The first kappa shape index (κ1) is 14.9. The van der Waals surface area contributed by atoms with Crippen LogP contribution in [0.2, 0.25) is 0 Å². The van der Waals surface area contributed by atoms with Crippen molar-refractivity contribution in [3.63, 3.8) is 0 Å². The van der Waals surface area contributed by atoms with Crippen LogP contribution in [-0.2, 0) is 22.1 Å². The Morgan fingerprint density at radius 1 is 1.26 bits per heavy atom. The van der Waals surface area contributed by atoms with Crippen LogP contribution in [0.3, 0.4) is 0 Å². The molecular formula is C15H23BrN2O. The minimum atomic E-state index is -0.234. The Kier molecular flexibility index (Phi) is 5.34. The summed E-state index contributed by atoms with van der Waals surface area (Å²) in [4.78, 5) is 9.42. The topological polar surface area (TPSA) is 35.0 Å². The van der Waals surface area contributed by atoms with Crippen molar-refractivity contribution in [1.29, 1.82) is 0 Å². The van der Waals surface area contributed by atoms with E-state index < -0.39 is 0 Å². The van der Waals surface area contributed by atoms with Crippen molar-refractivity contribution in [2.45, 2.75) is 63.3 Å². The maximum absolute atomic E-state index is 6.09. The predicted molar refractivity (Wildman–Crippen MR) is 80.4 cm³/mol. The Morgan fingerprint density at radius 2 is 2.00 bits per heavy atom. The molecule has 0 atom stereocenters. The van der Waals surface area contributed by atoms with E-state index in [1.807, 2.05) is 6.20 Å². The third-order valence-corrected chi connectivity index (χ3v) is 4.53. The summed E-state index contributed by atoms with van der Waals surface area (Å²) in [6, 6.07) is 0. The highest BCUT2D eigenvalue weighted by Gasteiger charge is 2.37. The van der Waals surface area contributed by atoms with Crippen LogP contribution in [0.1, 0.15) is 63.0 Å². The molecule has 1 aliphatic carbocycles. The first-order valence-electron chi connectivity index (χ1n) is 7.31. The lowest BCUT2D eigenvalue weighted by Gasteiger charge is -2.35. The monoisotopic (exact) mass is 326 g/mol. The highest BCUT2D eigenvalue weighted by molar-refractivity contribution is 9.08. The highest BCUT2D eigenvalue weighted by atomic mass is 79.9. The quantitative estimate of drug-likeness (QED) is 0.763. The molecule has 1 aromatic heterocycles. The number of halogens is 1. The van der Waals surface area contributed by atoms with E-state index in [9.17, 15) is 0 Å². The summed E-state index contributed by atoms with van der Waals surface area (Å²) in [5, 5.41) is 0.818. The van der Waals surface area contributed by atoms with Crippen LogP contribution < -0.4 is 0 Å². The molecule has 0 spiro atoms. The first-order valence-corrected chi connectivity index (χ1v) is 8.43. The van der Waals surface area contributed by atoms with Crippen LogP contribution in [-0.4, -0.2) is 16.6 Å². The summed E-state index contributed by atoms with van der Waals surface area (Å²) in [5.74, 6) is 0.899. The standard InChI is InChI=1S/C15H23BrN2O/c1-3-13-12(10-16)11-17-14(18-13)15(19-4-2)8-6-5-7-9-15/h11H,3-10H2,1-2H3. The van der Waals surface area contributed by atoms with Gasteiger partial charge < -0.3 is 4.74 Å². The Balaban J connectivity index is 2.36. The molecule has 0 radical (unpaired) electrons. The normalized spacial score (nSPS) is 18.5. The number of nitrogens with zero attached hydrogens (tertiary/aromatic N) is 2. The molecule has 106 valence electrons. The average Bonchev–Trinajstić information content (AvgIpc) is 2.47. The van der Waals surface area contributed by atoms with Crippen LogP contribution >= 0.6 is 15.9 Å². The fourth-order valence-corrected chi connectivity index (χ4v) is 3.38.